The van der Waals surface area contributed by atoms with Gasteiger partial charge in [0.2, 0.25) is 5.95 Å². The van der Waals surface area contributed by atoms with Crippen LogP contribution in [0.4, 0.5) is 5.95 Å². The molecule has 0 amide bonds. The fraction of sp³-hybridized carbons (Fsp3) is 0.500. The van der Waals surface area contributed by atoms with Crippen LogP contribution in [0.5, 0.6) is 0 Å². The molecule has 1 saturated carbocycles. The Morgan fingerprint density at radius 2 is 2.33 bits per heavy atom. The van der Waals surface area contributed by atoms with Crippen molar-refractivity contribution in [3.05, 3.63) is 17.5 Å². The van der Waals surface area contributed by atoms with Crippen LogP contribution in [0.2, 0.25) is 0 Å². The van der Waals surface area contributed by atoms with Crippen LogP contribution in [0, 0.1) is 6.92 Å². The first-order valence-electron chi connectivity index (χ1n) is 4.96. The van der Waals surface area contributed by atoms with Gasteiger partial charge in [0.05, 0.1) is 0 Å². The lowest BCUT2D eigenvalue weighted by Gasteiger charge is -2.05. The minimum atomic E-state index is -0.909. The first-order chi connectivity index (χ1) is 7.15. The number of hydrogen-bond acceptors (Lipinski definition) is 4. The molecule has 0 atom stereocenters. The van der Waals surface area contributed by atoms with E-state index < -0.39 is 5.97 Å². The number of hydrogen-bond donors (Lipinski definition) is 2. The second-order valence-electron chi connectivity index (χ2n) is 3.78. The second kappa shape index (κ2) is 3.84. The molecule has 0 saturated heterocycles. The summed E-state index contributed by atoms with van der Waals surface area (Å²) in [5.41, 5.74) is 1.90. The number of carbonyl (C=O) groups is 1. The molecule has 1 heterocycles. The smallest absolute Gasteiger partial charge is 0.322 e. The van der Waals surface area contributed by atoms with Crippen molar-refractivity contribution in [2.75, 3.05) is 11.9 Å². The fourth-order valence-electron chi connectivity index (χ4n) is 1.41. The van der Waals surface area contributed by atoms with Crippen LogP contribution in [0.1, 0.15) is 30.1 Å². The van der Waals surface area contributed by atoms with Gasteiger partial charge >= 0.3 is 5.97 Å². The number of aromatic nitrogens is 2. The number of aliphatic carboxylic acids is 1. The maximum atomic E-state index is 10.4. The number of carboxylic acids is 1. The Kier molecular flexibility index (Phi) is 2.53. The van der Waals surface area contributed by atoms with Crippen molar-refractivity contribution in [2.45, 2.75) is 25.7 Å². The van der Waals surface area contributed by atoms with Crippen LogP contribution < -0.4 is 5.32 Å². The number of nitrogens with one attached hydrogen (secondary N) is 1. The Morgan fingerprint density at radius 3 is 2.93 bits per heavy atom. The molecule has 0 aliphatic heterocycles. The summed E-state index contributed by atoms with van der Waals surface area (Å²) >= 11 is 0. The van der Waals surface area contributed by atoms with E-state index in [1.165, 1.54) is 12.8 Å². The third-order valence-corrected chi connectivity index (χ3v) is 2.27. The van der Waals surface area contributed by atoms with Crippen LogP contribution in [0.25, 0.3) is 0 Å². The zero-order valence-electron chi connectivity index (χ0n) is 8.53. The van der Waals surface area contributed by atoms with E-state index in [2.05, 4.69) is 15.3 Å². The molecule has 1 fully saturated rings. The van der Waals surface area contributed by atoms with E-state index in [1.54, 1.807) is 0 Å². The van der Waals surface area contributed by atoms with E-state index >= 15 is 0 Å². The third kappa shape index (κ3) is 2.65. The summed E-state index contributed by atoms with van der Waals surface area (Å²) in [6.45, 7) is 1.74. The van der Waals surface area contributed by atoms with Crippen LogP contribution >= 0.6 is 0 Å². The molecule has 1 aromatic heterocycles. The summed E-state index contributed by atoms with van der Waals surface area (Å²) in [4.78, 5) is 18.8. The molecule has 0 radical (unpaired) electrons. The Bertz CT molecular complexity index is 388. The molecule has 1 aliphatic rings. The van der Waals surface area contributed by atoms with Gasteiger partial charge in [-0.2, -0.15) is 0 Å². The molecule has 15 heavy (non-hydrogen) atoms. The second-order valence-corrected chi connectivity index (χ2v) is 3.78. The van der Waals surface area contributed by atoms with Crippen molar-refractivity contribution < 1.29 is 9.90 Å². The molecule has 80 valence electrons. The summed E-state index contributed by atoms with van der Waals surface area (Å²) in [6, 6.07) is 1.96. The van der Waals surface area contributed by atoms with Gasteiger partial charge in [0.1, 0.15) is 6.54 Å². The SMILES string of the molecule is Cc1cc(C2CC2)nc(NCC(=O)O)n1. The molecule has 0 unspecified atom stereocenters. The van der Waals surface area contributed by atoms with Crippen LogP contribution in [0.3, 0.4) is 0 Å². The quantitative estimate of drug-likeness (QED) is 0.774. The molecule has 1 aromatic rings. The maximum Gasteiger partial charge on any atom is 0.322 e. The number of nitrogens with zero attached hydrogens (tertiary/aromatic N) is 2. The van der Waals surface area contributed by atoms with Crippen molar-refractivity contribution in [1.82, 2.24) is 9.97 Å². The molecular formula is C10H13N3O2. The van der Waals surface area contributed by atoms with Crippen LogP contribution in [-0.2, 0) is 4.79 Å². The zero-order chi connectivity index (χ0) is 10.8. The van der Waals surface area contributed by atoms with Gasteiger partial charge in [-0.15, -0.1) is 0 Å². The minimum absolute atomic E-state index is 0.145. The Labute approximate surface area is 87.6 Å². The summed E-state index contributed by atoms with van der Waals surface area (Å²) in [5, 5.41) is 11.2. The van der Waals surface area contributed by atoms with E-state index in [4.69, 9.17) is 5.11 Å². The number of anilines is 1. The number of rotatable bonds is 4. The molecule has 2 N–H and O–H groups in total. The largest absolute Gasteiger partial charge is 0.480 e. The molecular weight excluding hydrogens is 194 g/mol. The van der Waals surface area contributed by atoms with Crippen molar-refractivity contribution in [2.24, 2.45) is 0 Å². The summed E-state index contributed by atoms with van der Waals surface area (Å²) in [6.07, 6.45) is 2.35. The van der Waals surface area contributed by atoms with E-state index in [9.17, 15) is 4.79 Å². The lowest BCUT2D eigenvalue weighted by atomic mass is 10.2. The molecule has 0 spiro atoms. The minimum Gasteiger partial charge on any atom is -0.480 e. The average Bonchev–Trinajstić information content (AvgIpc) is 2.97. The van der Waals surface area contributed by atoms with E-state index in [0.29, 0.717) is 11.9 Å². The molecule has 1 aliphatic carbocycles. The number of carboxylic acid groups (broad SMARTS) is 1. The van der Waals surface area contributed by atoms with Gasteiger partial charge in [-0.25, -0.2) is 9.97 Å². The molecule has 2 rings (SSSR count). The highest BCUT2D eigenvalue weighted by Gasteiger charge is 2.25. The predicted octanol–water partition coefficient (Wildman–Crippen LogP) is 1.16. The van der Waals surface area contributed by atoms with Gasteiger partial charge < -0.3 is 10.4 Å². The molecule has 5 nitrogen and oxygen atoms in total. The highest BCUT2D eigenvalue weighted by Crippen LogP contribution is 2.39. The normalized spacial score (nSPS) is 15.0. The van der Waals surface area contributed by atoms with Crippen molar-refractivity contribution in [3.63, 3.8) is 0 Å². The molecule has 5 heteroatoms. The van der Waals surface area contributed by atoms with Crippen molar-refractivity contribution in [3.8, 4) is 0 Å². The van der Waals surface area contributed by atoms with Crippen LogP contribution in [0.15, 0.2) is 6.07 Å². The monoisotopic (exact) mass is 207 g/mol. The topological polar surface area (TPSA) is 75.1 Å². The van der Waals surface area contributed by atoms with Gasteiger partial charge in [-0.05, 0) is 25.8 Å². The van der Waals surface area contributed by atoms with E-state index in [1.807, 2.05) is 13.0 Å². The molecule has 0 bridgehead atoms. The van der Waals surface area contributed by atoms with Crippen LogP contribution in [-0.4, -0.2) is 27.6 Å². The Morgan fingerprint density at radius 1 is 1.60 bits per heavy atom. The fourth-order valence-corrected chi connectivity index (χ4v) is 1.41. The highest BCUT2D eigenvalue weighted by atomic mass is 16.4. The summed E-state index contributed by atoms with van der Waals surface area (Å²) < 4.78 is 0. The Hall–Kier alpha value is -1.65. The Balaban J connectivity index is 2.12. The summed E-state index contributed by atoms with van der Waals surface area (Å²) in [5.74, 6) is 0.0597. The standard InChI is InChI=1S/C10H13N3O2/c1-6-4-8(7-2-3-7)13-10(12-6)11-5-9(14)15/h4,7H,2-3,5H2,1H3,(H,14,15)(H,11,12,13). The molecule has 0 aromatic carbocycles. The third-order valence-electron chi connectivity index (χ3n) is 2.27. The van der Waals surface area contributed by atoms with Gasteiger partial charge in [0, 0.05) is 17.3 Å². The maximum absolute atomic E-state index is 10.4. The zero-order valence-corrected chi connectivity index (χ0v) is 8.53. The first kappa shape index (κ1) is 9.89. The van der Waals surface area contributed by atoms with E-state index in [-0.39, 0.29) is 6.54 Å². The highest BCUT2D eigenvalue weighted by molar-refractivity contribution is 5.71. The predicted molar refractivity (Wildman–Crippen MR) is 54.9 cm³/mol. The lowest BCUT2D eigenvalue weighted by molar-refractivity contribution is -0.134. The number of aryl methyl sites for hydroxylation is 1. The summed E-state index contributed by atoms with van der Waals surface area (Å²) in [7, 11) is 0. The van der Waals surface area contributed by atoms with Gasteiger partial charge in [-0.3, -0.25) is 4.79 Å². The van der Waals surface area contributed by atoms with Crippen molar-refractivity contribution >= 4 is 11.9 Å². The van der Waals surface area contributed by atoms with Gasteiger partial charge in [0.15, 0.2) is 0 Å². The first-order valence-corrected chi connectivity index (χ1v) is 4.96. The van der Waals surface area contributed by atoms with Crippen molar-refractivity contribution in [1.29, 1.82) is 0 Å². The van der Waals surface area contributed by atoms with E-state index in [0.717, 1.165) is 11.4 Å². The average molecular weight is 207 g/mol. The van der Waals surface area contributed by atoms with Gasteiger partial charge in [-0.1, -0.05) is 0 Å². The van der Waals surface area contributed by atoms with Gasteiger partial charge in [0.25, 0.3) is 0 Å². The lowest BCUT2D eigenvalue weighted by Crippen LogP contribution is -2.15.